The fraction of sp³-hybridized carbons (Fsp3) is 0.364. The van der Waals surface area contributed by atoms with Gasteiger partial charge in [0.05, 0.1) is 10.2 Å². The highest BCUT2D eigenvalue weighted by atomic mass is 32.1. The molecule has 0 spiro atoms. The third kappa shape index (κ3) is 1.59. The zero-order valence-electron chi connectivity index (χ0n) is 8.84. The molecule has 0 atom stereocenters. The monoisotopic (exact) mass is 225 g/mol. The Morgan fingerprint density at radius 3 is 2.67 bits per heavy atom. The van der Waals surface area contributed by atoms with Gasteiger partial charge in [-0.2, -0.15) is 0 Å². The lowest BCUT2D eigenvalue weighted by Crippen LogP contribution is -2.13. The van der Waals surface area contributed by atoms with Crippen molar-refractivity contribution in [2.75, 3.05) is 0 Å². The molecule has 1 aromatic carbocycles. The molecule has 0 aliphatic rings. The van der Waals surface area contributed by atoms with Gasteiger partial charge in [0.1, 0.15) is 17.1 Å². The molecule has 80 valence electrons. The standard InChI is InChI=1S/C11H12FNOS/c1-11(2,3)8-6(12)4-7-9(10(8)14)13-5-15-7/h4-5,14H,1-3H3. The first-order valence-corrected chi connectivity index (χ1v) is 5.54. The molecule has 0 fully saturated rings. The van der Waals surface area contributed by atoms with Crippen molar-refractivity contribution in [1.29, 1.82) is 0 Å². The first-order valence-electron chi connectivity index (χ1n) is 4.66. The molecule has 1 aromatic heterocycles. The number of aromatic nitrogens is 1. The molecular formula is C11H12FNOS. The summed E-state index contributed by atoms with van der Waals surface area (Å²) >= 11 is 1.32. The predicted octanol–water partition coefficient (Wildman–Crippen LogP) is 3.44. The van der Waals surface area contributed by atoms with Crippen LogP contribution >= 0.6 is 11.3 Å². The summed E-state index contributed by atoms with van der Waals surface area (Å²) in [7, 11) is 0. The molecule has 0 amide bonds. The summed E-state index contributed by atoms with van der Waals surface area (Å²) in [6.07, 6.45) is 0. The molecule has 1 heterocycles. The molecule has 0 radical (unpaired) electrons. The zero-order chi connectivity index (χ0) is 11.2. The van der Waals surface area contributed by atoms with E-state index in [-0.39, 0.29) is 11.6 Å². The van der Waals surface area contributed by atoms with E-state index in [1.54, 1.807) is 5.51 Å². The van der Waals surface area contributed by atoms with Crippen molar-refractivity contribution in [3.8, 4) is 5.75 Å². The van der Waals surface area contributed by atoms with Gasteiger partial charge in [0.15, 0.2) is 0 Å². The Balaban J connectivity index is 2.84. The number of aromatic hydroxyl groups is 1. The fourth-order valence-corrected chi connectivity index (χ4v) is 2.37. The van der Waals surface area contributed by atoms with Crippen molar-refractivity contribution in [3.05, 3.63) is 23.0 Å². The number of rotatable bonds is 0. The molecule has 2 aromatic rings. The van der Waals surface area contributed by atoms with E-state index in [0.29, 0.717) is 15.8 Å². The van der Waals surface area contributed by atoms with Gasteiger partial charge in [0, 0.05) is 5.56 Å². The number of hydrogen-bond donors (Lipinski definition) is 1. The summed E-state index contributed by atoms with van der Waals surface area (Å²) < 4.78 is 14.5. The summed E-state index contributed by atoms with van der Waals surface area (Å²) in [5, 5.41) is 9.96. The van der Waals surface area contributed by atoms with Crippen LogP contribution in [0.2, 0.25) is 0 Å². The zero-order valence-corrected chi connectivity index (χ0v) is 9.65. The van der Waals surface area contributed by atoms with Gasteiger partial charge in [-0.05, 0) is 11.5 Å². The number of thiazole rings is 1. The van der Waals surface area contributed by atoms with Gasteiger partial charge >= 0.3 is 0 Å². The third-order valence-electron chi connectivity index (χ3n) is 2.30. The quantitative estimate of drug-likeness (QED) is 0.745. The van der Waals surface area contributed by atoms with Crippen LogP contribution in [0.1, 0.15) is 26.3 Å². The van der Waals surface area contributed by atoms with Gasteiger partial charge in [-0.25, -0.2) is 9.37 Å². The molecule has 4 heteroatoms. The fourth-order valence-electron chi connectivity index (χ4n) is 1.67. The smallest absolute Gasteiger partial charge is 0.149 e. The molecule has 1 N–H and O–H groups in total. The number of hydrogen-bond acceptors (Lipinski definition) is 3. The Labute approximate surface area is 91.4 Å². The van der Waals surface area contributed by atoms with E-state index in [1.165, 1.54) is 17.4 Å². The average molecular weight is 225 g/mol. The van der Waals surface area contributed by atoms with E-state index >= 15 is 0 Å². The second-order valence-corrected chi connectivity index (χ2v) is 5.42. The lowest BCUT2D eigenvalue weighted by molar-refractivity contribution is 0.434. The second kappa shape index (κ2) is 3.17. The van der Waals surface area contributed by atoms with E-state index in [1.807, 2.05) is 20.8 Å². The summed E-state index contributed by atoms with van der Waals surface area (Å²) in [6, 6.07) is 1.44. The maximum Gasteiger partial charge on any atom is 0.149 e. The van der Waals surface area contributed by atoms with Crippen molar-refractivity contribution < 1.29 is 9.50 Å². The maximum atomic E-state index is 13.8. The van der Waals surface area contributed by atoms with Crippen LogP contribution in [0.25, 0.3) is 10.2 Å². The van der Waals surface area contributed by atoms with Crippen LogP contribution in [-0.2, 0) is 5.41 Å². The first kappa shape index (κ1) is 10.4. The molecule has 0 unspecified atom stereocenters. The highest BCUT2D eigenvalue weighted by Gasteiger charge is 2.25. The Kier molecular flexibility index (Phi) is 2.19. The average Bonchev–Trinajstić information content (AvgIpc) is 2.48. The van der Waals surface area contributed by atoms with Crippen molar-refractivity contribution >= 4 is 21.6 Å². The minimum atomic E-state index is -0.425. The molecule has 0 saturated carbocycles. The van der Waals surface area contributed by atoms with Crippen molar-refractivity contribution in [3.63, 3.8) is 0 Å². The SMILES string of the molecule is CC(C)(C)c1c(F)cc2scnc2c1O. The number of fused-ring (bicyclic) bond motifs is 1. The largest absolute Gasteiger partial charge is 0.505 e. The number of halogens is 1. The van der Waals surface area contributed by atoms with Crippen LogP contribution in [0.5, 0.6) is 5.75 Å². The van der Waals surface area contributed by atoms with Gasteiger partial charge in [-0.1, -0.05) is 20.8 Å². The Hall–Kier alpha value is -1.16. The van der Waals surface area contributed by atoms with Crippen LogP contribution in [0.15, 0.2) is 11.6 Å². The van der Waals surface area contributed by atoms with Crippen LogP contribution in [-0.4, -0.2) is 10.1 Å². The number of nitrogens with zero attached hydrogens (tertiary/aromatic N) is 1. The van der Waals surface area contributed by atoms with E-state index in [0.717, 1.165) is 0 Å². The Morgan fingerprint density at radius 2 is 2.07 bits per heavy atom. The highest BCUT2D eigenvalue weighted by Crippen LogP contribution is 2.38. The molecule has 0 aliphatic carbocycles. The molecule has 15 heavy (non-hydrogen) atoms. The van der Waals surface area contributed by atoms with Crippen molar-refractivity contribution in [1.82, 2.24) is 4.98 Å². The number of phenols is 1. The Bertz CT molecular complexity index is 513. The van der Waals surface area contributed by atoms with Crippen molar-refractivity contribution in [2.24, 2.45) is 0 Å². The Morgan fingerprint density at radius 1 is 1.40 bits per heavy atom. The topological polar surface area (TPSA) is 33.1 Å². The van der Waals surface area contributed by atoms with Crippen LogP contribution in [0.4, 0.5) is 4.39 Å². The minimum absolute atomic E-state index is 0.0289. The van der Waals surface area contributed by atoms with Crippen LogP contribution in [0, 0.1) is 5.82 Å². The number of phenolic OH excluding ortho intramolecular Hbond substituents is 1. The van der Waals surface area contributed by atoms with Crippen LogP contribution < -0.4 is 0 Å². The highest BCUT2D eigenvalue weighted by molar-refractivity contribution is 7.16. The maximum absolute atomic E-state index is 13.8. The molecule has 0 aliphatic heterocycles. The molecule has 2 nitrogen and oxygen atoms in total. The summed E-state index contributed by atoms with van der Waals surface area (Å²) in [4.78, 5) is 4.04. The first-order chi connectivity index (χ1) is 6.91. The minimum Gasteiger partial charge on any atom is -0.505 e. The molecule has 0 bridgehead atoms. The van der Waals surface area contributed by atoms with Crippen molar-refractivity contribution in [2.45, 2.75) is 26.2 Å². The van der Waals surface area contributed by atoms with E-state index in [9.17, 15) is 9.50 Å². The molecular weight excluding hydrogens is 213 g/mol. The normalized spacial score (nSPS) is 12.3. The van der Waals surface area contributed by atoms with Gasteiger partial charge in [0.2, 0.25) is 0 Å². The third-order valence-corrected chi connectivity index (χ3v) is 3.08. The summed E-state index contributed by atoms with van der Waals surface area (Å²) in [5.74, 6) is -0.393. The van der Waals surface area contributed by atoms with Gasteiger partial charge < -0.3 is 5.11 Å². The lowest BCUT2D eigenvalue weighted by atomic mass is 9.85. The second-order valence-electron chi connectivity index (χ2n) is 4.53. The lowest BCUT2D eigenvalue weighted by Gasteiger charge is -2.21. The molecule has 2 rings (SSSR count). The van der Waals surface area contributed by atoms with E-state index in [4.69, 9.17) is 0 Å². The summed E-state index contributed by atoms with van der Waals surface area (Å²) in [6.45, 7) is 5.59. The molecule has 0 saturated heterocycles. The van der Waals surface area contributed by atoms with Gasteiger partial charge in [0.25, 0.3) is 0 Å². The van der Waals surface area contributed by atoms with Gasteiger partial charge in [-0.15, -0.1) is 11.3 Å². The predicted molar refractivity (Wildman–Crippen MR) is 59.9 cm³/mol. The van der Waals surface area contributed by atoms with E-state index in [2.05, 4.69) is 4.98 Å². The van der Waals surface area contributed by atoms with Crippen LogP contribution in [0.3, 0.4) is 0 Å². The summed E-state index contributed by atoms with van der Waals surface area (Å²) in [5.41, 5.74) is 2.01. The van der Waals surface area contributed by atoms with Gasteiger partial charge in [-0.3, -0.25) is 0 Å². The number of benzene rings is 1. The van der Waals surface area contributed by atoms with E-state index < -0.39 is 5.41 Å².